The van der Waals surface area contributed by atoms with Crippen LogP contribution in [0.2, 0.25) is 5.02 Å². The smallest absolute Gasteiger partial charge is 0.241 e. The number of hydrogen-bond acceptors (Lipinski definition) is 4. The molecular formula is C11H12ClFN4O2S. The molecule has 2 N–H and O–H groups in total. The fraction of sp³-hybridized carbons (Fsp3) is 0.273. The summed E-state index contributed by atoms with van der Waals surface area (Å²) in [7, 11) is -3.83. The maximum absolute atomic E-state index is 13.0. The van der Waals surface area contributed by atoms with Crippen molar-refractivity contribution < 1.29 is 12.8 Å². The van der Waals surface area contributed by atoms with Crippen molar-refractivity contribution in [3.8, 4) is 0 Å². The van der Waals surface area contributed by atoms with Gasteiger partial charge in [0.05, 0.1) is 16.0 Å². The summed E-state index contributed by atoms with van der Waals surface area (Å²) in [6, 6.07) is 2.56. The van der Waals surface area contributed by atoms with Gasteiger partial charge in [0.1, 0.15) is 11.6 Å². The first-order chi connectivity index (χ1) is 9.29. The number of rotatable bonds is 4. The third-order valence-electron chi connectivity index (χ3n) is 2.54. The van der Waals surface area contributed by atoms with Crippen LogP contribution in [0, 0.1) is 12.7 Å². The van der Waals surface area contributed by atoms with Crippen molar-refractivity contribution in [3.63, 3.8) is 0 Å². The molecule has 0 saturated carbocycles. The minimum Gasteiger partial charge on any atom is -0.263 e. The predicted octanol–water partition coefficient (Wildman–Crippen LogP) is 1.95. The minimum absolute atomic E-state index is 0.122. The van der Waals surface area contributed by atoms with Crippen LogP contribution in [0.15, 0.2) is 23.1 Å². The molecule has 0 fully saturated rings. The zero-order chi connectivity index (χ0) is 14.9. The lowest BCUT2D eigenvalue weighted by Gasteiger charge is -2.11. The second-order valence-electron chi connectivity index (χ2n) is 4.20. The zero-order valence-corrected chi connectivity index (χ0v) is 12.3. The van der Waals surface area contributed by atoms with Crippen LogP contribution in [0.3, 0.4) is 0 Å². The van der Waals surface area contributed by atoms with Crippen LogP contribution in [0.4, 0.5) is 4.39 Å². The first-order valence-electron chi connectivity index (χ1n) is 5.66. The first-order valence-corrected chi connectivity index (χ1v) is 7.52. The molecule has 2 aromatic rings. The normalized spacial score (nSPS) is 13.4. The van der Waals surface area contributed by atoms with Crippen molar-refractivity contribution in [2.75, 3.05) is 0 Å². The topological polar surface area (TPSA) is 87.7 Å². The van der Waals surface area contributed by atoms with Gasteiger partial charge in [-0.2, -0.15) is 5.10 Å². The van der Waals surface area contributed by atoms with Gasteiger partial charge in [-0.05, 0) is 32.0 Å². The molecule has 6 nitrogen and oxygen atoms in total. The summed E-state index contributed by atoms with van der Waals surface area (Å²) in [6.07, 6.45) is 0. The van der Waals surface area contributed by atoms with E-state index in [2.05, 4.69) is 19.9 Å². The molecule has 108 valence electrons. The molecule has 1 aromatic carbocycles. The summed E-state index contributed by atoms with van der Waals surface area (Å²) >= 11 is 5.58. The van der Waals surface area contributed by atoms with Crippen molar-refractivity contribution in [1.82, 2.24) is 19.9 Å². The molecule has 2 rings (SSSR count). The van der Waals surface area contributed by atoms with Gasteiger partial charge < -0.3 is 0 Å². The van der Waals surface area contributed by atoms with Crippen molar-refractivity contribution >= 4 is 21.6 Å². The van der Waals surface area contributed by atoms with Gasteiger partial charge in [-0.3, -0.25) is 5.10 Å². The summed E-state index contributed by atoms with van der Waals surface area (Å²) in [6.45, 7) is 3.31. The van der Waals surface area contributed by atoms with Crippen molar-refractivity contribution in [3.05, 3.63) is 40.7 Å². The highest BCUT2D eigenvalue weighted by atomic mass is 35.5. The van der Waals surface area contributed by atoms with E-state index in [1.807, 2.05) is 0 Å². The molecule has 20 heavy (non-hydrogen) atoms. The van der Waals surface area contributed by atoms with Crippen LogP contribution < -0.4 is 4.72 Å². The van der Waals surface area contributed by atoms with Crippen LogP contribution in [0.25, 0.3) is 0 Å². The van der Waals surface area contributed by atoms with E-state index >= 15 is 0 Å². The molecule has 0 amide bonds. The minimum atomic E-state index is -3.83. The Bertz CT molecular complexity index is 732. The largest absolute Gasteiger partial charge is 0.263 e. The third kappa shape index (κ3) is 3.14. The highest BCUT2D eigenvalue weighted by Crippen LogP contribution is 2.20. The molecule has 0 bridgehead atoms. The van der Waals surface area contributed by atoms with Gasteiger partial charge in [0.15, 0.2) is 5.82 Å². The predicted molar refractivity (Wildman–Crippen MR) is 71.3 cm³/mol. The highest BCUT2D eigenvalue weighted by Gasteiger charge is 2.21. The summed E-state index contributed by atoms with van der Waals surface area (Å²) in [5.41, 5.74) is 0. The SMILES string of the molecule is Cc1nc([C@@H](C)NS(=O)(=O)c2ccc(F)c(Cl)c2)n[nH]1. The van der Waals surface area contributed by atoms with Crippen molar-refractivity contribution in [2.45, 2.75) is 24.8 Å². The number of halogens is 2. The Kier molecular flexibility index (Phi) is 4.07. The van der Waals surface area contributed by atoms with Gasteiger partial charge in [0.25, 0.3) is 0 Å². The van der Waals surface area contributed by atoms with Crippen molar-refractivity contribution in [1.29, 1.82) is 0 Å². The van der Waals surface area contributed by atoms with Gasteiger partial charge in [0.2, 0.25) is 10.0 Å². The van der Waals surface area contributed by atoms with Crippen LogP contribution in [-0.4, -0.2) is 23.6 Å². The lowest BCUT2D eigenvalue weighted by Crippen LogP contribution is -2.27. The van der Waals surface area contributed by atoms with Gasteiger partial charge in [-0.25, -0.2) is 22.5 Å². The molecule has 1 atom stereocenters. The van der Waals surface area contributed by atoms with E-state index in [1.54, 1.807) is 13.8 Å². The number of hydrogen-bond donors (Lipinski definition) is 2. The number of benzene rings is 1. The molecule has 9 heteroatoms. The molecule has 0 spiro atoms. The van der Waals surface area contributed by atoms with E-state index in [1.165, 1.54) is 0 Å². The lowest BCUT2D eigenvalue weighted by atomic mass is 10.3. The molecule has 0 saturated heterocycles. The standard InChI is InChI=1S/C11H12ClFN4O2S/c1-6(11-14-7(2)15-16-11)17-20(18,19)8-3-4-10(13)9(12)5-8/h3-6,17H,1-2H3,(H,14,15,16)/t6-/m1/s1. The second kappa shape index (κ2) is 5.47. The molecule has 1 aromatic heterocycles. The van der Waals surface area contributed by atoms with Gasteiger partial charge >= 0.3 is 0 Å². The molecule has 1 heterocycles. The number of aryl methyl sites for hydroxylation is 1. The Morgan fingerprint density at radius 2 is 2.15 bits per heavy atom. The van der Waals surface area contributed by atoms with E-state index in [-0.39, 0.29) is 9.92 Å². The summed E-state index contributed by atoms with van der Waals surface area (Å²) in [5, 5.41) is 6.25. The number of H-pyrrole nitrogens is 1. The molecule has 0 aliphatic carbocycles. The molecule has 0 unspecified atom stereocenters. The Morgan fingerprint density at radius 3 is 2.70 bits per heavy atom. The fourth-order valence-electron chi connectivity index (χ4n) is 1.55. The second-order valence-corrected chi connectivity index (χ2v) is 6.32. The quantitative estimate of drug-likeness (QED) is 0.902. The Morgan fingerprint density at radius 1 is 1.45 bits per heavy atom. The first kappa shape index (κ1) is 14.9. The summed E-state index contributed by atoms with van der Waals surface area (Å²) < 4.78 is 39.7. The molecule has 0 radical (unpaired) electrons. The number of sulfonamides is 1. The average molecular weight is 319 g/mol. The fourth-order valence-corrected chi connectivity index (χ4v) is 3.02. The van der Waals surface area contributed by atoms with Gasteiger partial charge in [-0.1, -0.05) is 11.6 Å². The third-order valence-corrected chi connectivity index (χ3v) is 4.36. The maximum Gasteiger partial charge on any atom is 0.241 e. The van der Waals surface area contributed by atoms with Gasteiger partial charge in [-0.15, -0.1) is 0 Å². The molecular weight excluding hydrogens is 307 g/mol. The van der Waals surface area contributed by atoms with Crippen molar-refractivity contribution in [2.24, 2.45) is 0 Å². The van der Waals surface area contributed by atoms with E-state index in [0.29, 0.717) is 11.6 Å². The summed E-state index contributed by atoms with van der Waals surface area (Å²) in [5.74, 6) is 0.221. The van der Waals surface area contributed by atoms with Gasteiger partial charge in [0, 0.05) is 0 Å². The Hall–Kier alpha value is -1.51. The lowest BCUT2D eigenvalue weighted by molar-refractivity contribution is 0.559. The monoisotopic (exact) mass is 318 g/mol. The van der Waals surface area contributed by atoms with Crippen LogP contribution in [0.1, 0.15) is 24.6 Å². The van der Waals surface area contributed by atoms with Crippen LogP contribution in [-0.2, 0) is 10.0 Å². The zero-order valence-electron chi connectivity index (χ0n) is 10.7. The highest BCUT2D eigenvalue weighted by molar-refractivity contribution is 7.89. The number of nitrogens with one attached hydrogen (secondary N) is 2. The van der Waals surface area contributed by atoms with Crippen LogP contribution in [0.5, 0.6) is 0 Å². The number of aromatic nitrogens is 3. The number of aromatic amines is 1. The Balaban J connectivity index is 2.24. The van der Waals surface area contributed by atoms with Crippen LogP contribution >= 0.6 is 11.6 Å². The molecule has 0 aliphatic heterocycles. The van der Waals surface area contributed by atoms with E-state index in [0.717, 1.165) is 18.2 Å². The van der Waals surface area contributed by atoms with E-state index in [9.17, 15) is 12.8 Å². The van der Waals surface area contributed by atoms with E-state index in [4.69, 9.17) is 11.6 Å². The average Bonchev–Trinajstić information content (AvgIpc) is 2.79. The number of nitrogens with zero attached hydrogens (tertiary/aromatic N) is 2. The summed E-state index contributed by atoms with van der Waals surface area (Å²) in [4.78, 5) is 3.92. The maximum atomic E-state index is 13.0. The van der Waals surface area contributed by atoms with E-state index < -0.39 is 21.9 Å². The molecule has 0 aliphatic rings. The Labute approximate surface area is 120 Å².